The van der Waals surface area contributed by atoms with E-state index in [1.54, 1.807) is 6.07 Å². The molecule has 1 aromatic heterocycles. The van der Waals surface area contributed by atoms with Crippen LogP contribution < -0.4 is 20.3 Å². The molecule has 216 valence electrons. The summed E-state index contributed by atoms with van der Waals surface area (Å²) < 4.78 is 18.2. The zero-order valence-corrected chi connectivity index (χ0v) is 25.0. The summed E-state index contributed by atoms with van der Waals surface area (Å²) >= 11 is 8.13. The number of halogens is 1. The molecule has 1 aromatic carbocycles. The number of likely N-dealkylation sites (tertiary alicyclic amines) is 1. The van der Waals surface area contributed by atoms with Crippen LogP contribution >= 0.6 is 23.4 Å². The van der Waals surface area contributed by atoms with Crippen molar-refractivity contribution in [2.24, 2.45) is 5.92 Å². The van der Waals surface area contributed by atoms with E-state index in [-0.39, 0.29) is 23.9 Å². The van der Waals surface area contributed by atoms with Gasteiger partial charge in [-0.05, 0) is 57.9 Å². The van der Waals surface area contributed by atoms with Crippen molar-refractivity contribution in [3.63, 3.8) is 0 Å². The lowest BCUT2D eigenvalue weighted by molar-refractivity contribution is -0.194. The third kappa shape index (κ3) is 5.02. The molecule has 1 amide bonds. The van der Waals surface area contributed by atoms with Gasteiger partial charge in [0.25, 0.3) is 17.3 Å². The first-order valence-electron chi connectivity index (χ1n) is 14.0. The minimum atomic E-state index is -0.828. The molecule has 4 aliphatic rings. The number of rotatable bonds is 7. The SMILES string of the molecule is CSc1cc(C)[nH]c(=O)c1CNC(=O)c1cc(Cl)c2c(c1C)OC(C)(C1CCC(N3CC(N4COC4)C3)CC1)O2. The quantitative estimate of drug-likeness (QED) is 0.463. The fourth-order valence-corrected chi connectivity index (χ4v) is 7.38. The number of aromatic nitrogens is 1. The first-order chi connectivity index (χ1) is 19.2. The van der Waals surface area contributed by atoms with Gasteiger partial charge < -0.3 is 24.5 Å². The predicted octanol–water partition coefficient (Wildman–Crippen LogP) is 4.27. The molecule has 11 heteroatoms. The summed E-state index contributed by atoms with van der Waals surface area (Å²) in [6.07, 6.45) is 6.16. The van der Waals surface area contributed by atoms with Gasteiger partial charge in [0, 0.05) is 71.8 Å². The van der Waals surface area contributed by atoms with Crippen LogP contribution in [0, 0.1) is 19.8 Å². The summed E-state index contributed by atoms with van der Waals surface area (Å²) in [4.78, 5) is 34.4. The van der Waals surface area contributed by atoms with E-state index >= 15 is 0 Å². The van der Waals surface area contributed by atoms with E-state index in [2.05, 4.69) is 20.1 Å². The normalized spacial score (nSPS) is 26.8. The minimum absolute atomic E-state index is 0.112. The number of amides is 1. The van der Waals surface area contributed by atoms with E-state index in [1.807, 2.05) is 33.1 Å². The van der Waals surface area contributed by atoms with Crippen molar-refractivity contribution in [1.82, 2.24) is 20.1 Å². The maximum Gasteiger partial charge on any atom is 0.254 e. The number of aromatic amines is 1. The van der Waals surface area contributed by atoms with E-state index in [1.165, 1.54) is 11.8 Å². The molecule has 1 aliphatic carbocycles. The Kier molecular flexibility index (Phi) is 7.58. The smallest absolute Gasteiger partial charge is 0.254 e. The van der Waals surface area contributed by atoms with E-state index in [0.717, 1.165) is 62.8 Å². The number of nitrogens with zero attached hydrogens (tertiary/aromatic N) is 2. The summed E-state index contributed by atoms with van der Waals surface area (Å²) in [7, 11) is 0. The molecule has 40 heavy (non-hydrogen) atoms. The number of carbonyl (C=O) groups excluding carboxylic acids is 1. The highest BCUT2D eigenvalue weighted by atomic mass is 35.5. The zero-order valence-electron chi connectivity index (χ0n) is 23.5. The van der Waals surface area contributed by atoms with Crippen molar-refractivity contribution in [3.05, 3.63) is 49.9 Å². The van der Waals surface area contributed by atoms with Crippen molar-refractivity contribution in [2.75, 3.05) is 32.8 Å². The predicted molar refractivity (Wildman–Crippen MR) is 154 cm³/mol. The first-order valence-corrected chi connectivity index (χ1v) is 15.6. The van der Waals surface area contributed by atoms with Gasteiger partial charge in [-0.1, -0.05) is 11.6 Å². The lowest BCUT2D eigenvalue weighted by atomic mass is 9.80. The van der Waals surface area contributed by atoms with Gasteiger partial charge in [-0.2, -0.15) is 0 Å². The Labute approximate surface area is 243 Å². The van der Waals surface area contributed by atoms with Crippen molar-refractivity contribution in [3.8, 4) is 11.5 Å². The maximum absolute atomic E-state index is 13.3. The van der Waals surface area contributed by atoms with E-state index in [0.29, 0.717) is 45.3 Å². The van der Waals surface area contributed by atoms with Crippen LogP contribution in [0.2, 0.25) is 5.02 Å². The highest BCUT2D eigenvalue weighted by Gasteiger charge is 2.49. The number of H-pyrrole nitrogens is 1. The minimum Gasteiger partial charge on any atom is -0.448 e. The summed E-state index contributed by atoms with van der Waals surface area (Å²) in [5.41, 5.74) is 2.21. The Bertz CT molecular complexity index is 1370. The highest BCUT2D eigenvalue weighted by molar-refractivity contribution is 7.98. The molecule has 0 radical (unpaired) electrons. The van der Waals surface area contributed by atoms with Crippen LogP contribution in [0.5, 0.6) is 11.5 Å². The Morgan fingerprint density at radius 2 is 1.80 bits per heavy atom. The Hall–Kier alpha value is -2.24. The van der Waals surface area contributed by atoms with Gasteiger partial charge in [-0.15, -0.1) is 11.8 Å². The molecule has 3 aliphatic heterocycles. The molecule has 9 nitrogen and oxygen atoms in total. The van der Waals surface area contributed by atoms with Gasteiger partial charge in [-0.25, -0.2) is 0 Å². The largest absolute Gasteiger partial charge is 0.448 e. The van der Waals surface area contributed by atoms with Gasteiger partial charge in [0.05, 0.1) is 5.02 Å². The van der Waals surface area contributed by atoms with Crippen molar-refractivity contribution < 1.29 is 19.0 Å². The highest BCUT2D eigenvalue weighted by Crippen LogP contribution is 2.52. The molecule has 2 aromatic rings. The van der Waals surface area contributed by atoms with Crippen LogP contribution in [-0.4, -0.2) is 71.4 Å². The van der Waals surface area contributed by atoms with Gasteiger partial charge in [0.1, 0.15) is 13.5 Å². The molecular formula is C29H37ClN4O5S. The van der Waals surface area contributed by atoms with Crippen LogP contribution in [-0.2, 0) is 11.3 Å². The van der Waals surface area contributed by atoms with Crippen LogP contribution in [0.4, 0.5) is 0 Å². The summed E-state index contributed by atoms with van der Waals surface area (Å²) in [5, 5.41) is 3.25. The number of pyridine rings is 1. The third-order valence-corrected chi connectivity index (χ3v) is 10.1. The fraction of sp³-hybridized carbons (Fsp3) is 0.586. The number of aryl methyl sites for hydroxylation is 1. The second kappa shape index (κ2) is 10.9. The molecule has 1 unspecified atom stereocenters. The van der Waals surface area contributed by atoms with Gasteiger partial charge >= 0.3 is 0 Å². The van der Waals surface area contributed by atoms with Crippen LogP contribution in [0.1, 0.15) is 59.8 Å². The maximum atomic E-state index is 13.3. The molecule has 0 bridgehead atoms. The number of benzene rings is 1. The van der Waals surface area contributed by atoms with Crippen molar-refractivity contribution in [2.45, 2.75) is 75.8 Å². The monoisotopic (exact) mass is 588 g/mol. The van der Waals surface area contributed by atoms with E-state index in [4.69, 9.17) is 25.8 Å². The summed E-state index contributed by atoms with van der Waals surface area (Å²) in [6.45, 7) is 9.60. The Balaban J connectivity index is 1.10. The van der Waals surface area contributed by atoms with Gasteiger partial charge in [0.2, 0.25) is 0 Å². The lowest BCUT2D eigenvalue weighted by Crippen LogP contribution is -2.65. The molecule has 1 saturated carbocycles. The lowest BCUT2D eigenvalue weighted by Gasteiger charge is -2.52. The molecule has 0 spiro atoms. The van der Waals surface area contributed by atoms with Gasteiger partial charge in [-0.3, -0.25) is 19.4 Å². The van der Waals surface area contributed by atoms with Crippen LogP contribution in [0.15, 0.2) is 21.8 Å². The first kappa shape index (κ1) is 27.9. The molecular weight excluding hydrogens is 552 g/mol. The Morgan fingerprint density at radius 1 is 1.10 bits per heavy atom. The number of carbonyl (C=O) groups is 1. The number of thioether (sulfide) groups is 1. The van der Waals surface area contributed by atoms with Crippen molar-refractivity contribution in [1.29, 1.82) is 0 Å². The zero-order chi connectivity index (χ0) is 28.2. The second-order valence-electron chi connectivity index (χ2n) is 11.6. The number of fused-ring (bicyclic) bond motifs is 1. The van der Waals surface area contributed by atoms with Crippen LogP contribution in [0.25, 0.3) is 0 Å². The number of ether oxygens (including phenoxy) is 3. The number of hydrogen-bond donors (Lipinski definition) is 2. The summed E-state index contributed by atoms with van der Waals surface area (Å²) in [6, 6.07) is 4.79. The van der Waals surface area contributed by atoms with E-state index < -0.39 is 5.79 Å². The molecule has 6 rings (SSSR count). The standard InChI is InChI=1S/C29H37ClN4O5S/c1-16-9-24(40-4)22(28(36)32-16)11-31-27(35)21-10-23(30)26-25(17(21)2)38-29(3,39-26)18-5-7-19(8-6-18)33-12-20(13-33)34-14-37-15-34/h9-10,18-20H,5-8,11-15H2,1-4H3,(H,31,35)(H,32,36). The number of nitrogens with one attached hydrogen (secondary N) is 2. The van der Waals surface area contributed by atoms with Crippen molar-refractivity contribution >= 4 is 29.3 Å². The van der Waals surface area contributed by atoms with Gasteiger partial charge in [0.15, 0.2) is 11.5 Å². The Morgan fingerprint density at radius 3 is 2.45 bits per heavy atom. The van der Waals surface area contributed by atoms with Crippen LogP contribution in [0.3, 0.4) is 0 Å². The molecule has 4 heterocycles. The topological polar surface area (TPSA) is 96.1 Å². The molecule has 3 fully saturated rings. The number of hydrogen-bond acceptors (Lipinski definition) is 8. The fourth-order valence-electron chi connectivity index (χ4n) is 6.44. The summed E-state index contributed by atoms with van der Waals surface area (Å²) in [5.74, 6) is 0.114. The third-order valence-electron chi connectivity index (χ3n) is 9.04. The average molecular weight is 589 g/mol. The second-order valence-corrected chi connectivity index (χ2v) is 12.8. The average Bonchev–Trinajstić information content (AvgIpc) is 3.25. The molecule has 2 saturated heterocycles. The van der Waals surface area contributed by atoms with E-state index in [9.17, 15) is 9.59 Å². The molecule has 1 atom stereocenters. The molecule has 2 N–H and O–H groups in total.